The van der Waals surface area contributed by atoms with E-state index in [-0.39, 0.29) is 5.92 Å². The summed E-state index contributed by atoms with van der Waals surface area (Å²) in [5, 5.41) is 10.2. The van der Waals surface area contributed by atoms with Gasteiger partial charge < -0.3 is 9.84 Å². The van der Waals surface area contributed by atoms with Crippen molar-refractivity contribution in [1.29, 1.82) is 0 Å². The lowest BCUT2D eigenvalue weighted by atomic mass is 9.86. The third kappa shape index (κ3) is 3.32. The summed E-state index contributed by atoms with van der Waals surface area (Å²) in [6.45, 7) is 2.19. The van der Waals surface area contributed by atoms with Crippen LogP contribution in [0.2, 0.25) is 0 Å². The molecule has 2 rings (SSSR count). The maximum absolute atomic E-state index is 10.2. The smallest absolute Gasteiger partial charge is 0.119 e. The fourth-order valence-corrected chi connectivity index (χ4v) is 2.53. The second-order valence-corrected chi connectivity index (χ2v) is 5.03. The highest BCUT2D eigenvalue weighted by molar-refractivity contribution is 5.45. The van der Waals surface area contributed by atoms with E-state index in [4.69, 9.17) is 4.74 Å². The summed E-state index contributed by atoms with van der Waals surface area (Å²) in [6.07, 6.45) is 3.31. The predicted octanol–water partition coefficient (Wildman–Crippen LogP) is 4.72. The molecule has 0 heterocycles. The number of phenols is 1. The largest absolute Gasteiger partial charge is 0.508 e. The molecule has 0 aromatic heterocycles. The van der Waals surface area contributed by atoms with Crippen molar-refractivity contribution >= 4 is 0 Å². The van der Waals surface area contributed by atoms with Crippen LogP contribution in [0.1, 0.15) is 43.2 Å². The van der Waals surface area contributed by atoms with E-state index in [1.807, 2.05) is 24.3 Å². The fraction of sp³-hybridized carbons (Fsp3) is 0.333. The van der Waals surface area contributed by atoms with Gasteiger partial charge in [0, 0.05) is 11.5 Å². The Bertz CT molecular complexity index is 534. The number of hydrogen-bond acceptors (Lipinski definition) is 2. The van der Waals surface area contributed by atoms with Crippen molar-refractivity contribution in [1.82, 2.24) is 0 Å². The second-order valence-electron chi connectivity index (χ2n) is 5.03. The summed E-state index contributed by atoms with van der Waals surface area (Å²) in [4.78, 5) is 0. The number of methoxy groups -OCH3 is 1. The number of hydrogen-bond donors (Lipinski definition) is 1. The molecule has 20 heavy (non-hydrogen) atoms. The maximum Gasteiger partial charge on any atom is 0.119 e. The Kier molecular flexibility index (Phi) is 5.05. The fourth-order valence-electron chi connectivity index (χ4n) is 2.53. The molecule has 0 bridgehead atoms. The Balaban J connectivity index is 2.40. The number of unbranched alkanes of at least 4 members (excludes halogenated alkanes) is 1. The molecule has 2 aromatic carbocycles. The van der Waals surface area contributed by atoms with Crippen molar-refractivity contribution in [2.24, 2.45) is 0 Å². The average Bonchev–Trinajstić information content (AvgIpc) is 2.50. The second kappa shape index (κ2) is 6.99. The van der Waals surface area contributed by atoms with Gasteiger partial charge in [0.05, 0.1) is 7.11 Å². The van der Waals surface area contributed by atoms with Gasteiger partial charge in [0.15, 0.2) is 0 Å². The van der Waals surface area contributed by atoms with Crippen LogP contribution in [0.5, 0.6) is 11.5 Å². The first-order valence-corrected chi connectivity index (χ1v) is 7.18. The van der Waals surface area contributed by atoms with E-state index in [1.54, 1.807) is 19.2 Å². The monoisotopic (exact) mass is 270 g/mol. The van der Waals surface area contributed by atoms with Crippen LogP contribution in [-0.4, -0.2) is 12.2 Å². The maximum atomic E-state index is 10.2. The zero-order chi connectivity index (χ0) is 14.4. The first-order chi connectivity index (χ1) is 9.76. The lowest BCUT2D eigenvalue weighted by Gasteiger charge is -2.19. The summed E-state index contributed by atoms with van der Waals surface area (Å²) < 4.78 is 5.29. The van der Waals surface area contributed by atoms with E-state index in [0.29, 0.717) is 5.75 Å². The number of ether oxygens (including phenoxy) is 1. The minimum atomic E-state index is 0.214. The molecule has 0 aliphatic heterocycles. The summed E-state index contributed by atoms with van der Waals surface area (Å²) >= 11 is 0. The highest BCUT2D eigenvalue weighted by Gasteiger charge is 2.17. The average molecular weight is 270 g/mol. The van der Waals surface area contributed by atoms with Gasteiger partial charge in [0.2, 0.25) is 0 Å². The Morgan fingerprint density at radius 1 is 1.10 bits per heavy atom. The summed E-state index contributed by atoms with van der Waals surface area (Å²) in [5.41, 5.74) is 2.19. The third-order valence-corrected chi connectivity index (χ3v) is 3.66. The predicted molar refractivity (Wildman–Crippen MR) is 82.5 cm³/mol. The van der Waals surface area contributed by atoms with Crippen molar-refractivity contribution in [3.8, 4) is 11.5 Å². The molecule has 106 valence electrons. The Hall–Kier alpha value is -1.96. The molecule has 1 atom stereocenters. The van der Waals surface area contributed by atoms with Gasteiger partial charge in [-0.2, -0.15) is 0 Å². The van der Waals surface area contributed by atoms with E-state index >= 15 is 0 Å². The molecule has 2 heteroatoms. The number of phenolic OH excluding ortho intramolecular Hbond substituents is 1. The SMILES string of the molecule is CCCCC(c1ccccc1)c1cc(OC)ccc1O. The Morgan fingerprint density at radius 3 is 2.50 bits per heavy atom. The van der Waals surface area contributed by atoms with E-state index in [0.717, 1.165) is 30.6 Å². The van der Waals surface area contributed by atoms with Crippen LogP contribution in [-0.2, 0) is 0 Å². The highest BCUT2D eigenvalue weighted by atomic mass is 16.5. The van der Waals surface area contributed by atoms with Gasteiger partial charge in [-0.15, -0.1) is 0 Å². The Morgan fingerprint density at radius 2 is 1.85 bits per heavy atom. The van der Waals surface area contributed by atoms with Gasteiger partial charge in [-0.3, -0.25) is 0 Å². The quantitative estimate of drug-likeness (QED) is 0.822. The van der Waals surface area contributed by atoms with Gasteiger partial charge >= 0.3 is 0 Å². The van der Waals surface area contributed by atoms with Crippen LogP contribution in [0.3, 0.4) is 0 Å². The summed E-state index contributed by atoms with van der Waals surface area (Å²) in [6, 6.07) is 15.8. The van der Waals surface area contributed by atoms with Crippen molar-refractivity contribution in [3.05, 3.63) is 59.7 Å². The topological polar surface area (TPSA) is 29.5 Å². The van der Waals surface area contributed by atoms with Crippen LogP contribution in [0.15, 0.2) is 48.5 Å². The molecule has 0 aliphatic carbocycles. The molecule has 0 amide bonds. The first kappa shape index (κ1) is 14.4. The molecule has 1 unspecified atom stereocenters. The standard InChI is InChI=1S/C18H22O2/c1-3-4-10-16(14-8-6-5-7-9-14)17-13-15(20-2)11-12-18(17)19/h5-9,11-13,16,19H,3-4,10H2,1-2H3. The molecule has 0 saturated heterocycles. The molecular weight excluding hydrogens is 248 g/mol. The van der Waals surface area contributed by atoms with Gasteiger partial charge in [-0.25, -0.2) is 0 Å². The van der Waals surface area contributed by atoms with Crippen LogP contribution in [0.25, 0.3) is 0 Å². The normalized spacial score (nSPS) is 12.1. The third-order valence-electron chi connectivity index (χ3n) is 3.66. The summed E-state index contributed by atoms with van der Waals surface area (Å²) in [5.74, 6) is 1.34. The van der Waals surface area contributed by atoms with Gasteiger partial charge in [0.1, 0.15) is 11.5 Å². The van der Waals surface area contributed by atoms with Crippen LogP contribution < -0.4 is 4.74 Å². The molecule has 0 spiro atoms. The number of rotatable bonds is 6. The highest BCUT2D eigenvalue weighted by Crippen LogP contribution is 2.37. The Labute approximate surface area is 121 Å². The van der Waals surface area contributed by atoms with Gasteiger partial charge in [-0.1, -0.05) is 50.1 Å². The zero-order valence-corrected chi connectivity index (χ0v) is 12.2. The molecular formula is C18H22O2. The van der Waals surface area contributed by atoms with Gasteiger partial charge in [-0.05, 0) is 30.2 Å². The van der Waals surface area contributed by atoms with Crippen LogP contribution >= 0.6 is 0 Å². The lowest BCUT2D eigenvalue weighted by molar-refractivity contribution is 0.409. The van der Waals surface area contributed by atoms with Crippen LogP contribution in [0, 0.1) is 0 Å². The van der Waals surface area contributed by atoms with E-state index in [2.05, 4.69) is 19.1 Å². The lowest BCUT2D eigenvalue weighted by Crippen LogP contribution is -2.02. The molecule has 0 aliphatic rings. The number of aromatic hydroxyl groups is 1. The van der Waals surface area contributed by atoms with E-state index in [9.17, 15) is 5.11 Å². The molecule has 2 aromatic rings. The van der Waals surface area contributed by atoms with E-state index in [1.165, 1.54) is 5.56 Å². The first-order valence-electron chi connectivity index (χ1n) is 7.18. The van der Waals surface area contributed by atoms with Crippen molar-refractivity contribution < 1.29 is 9.84 Å². The molecule has 0 saturated carbocycles. The minimum Gasteiger partial charge on any atom is -0.508 e. The summed E-state index contributed by atoms with van der Waals surface area (Å²) in [7, 11) is 1.65. The number of benzene rings is 2. The molecule has 0 radical (unpaired) electrons. The minimum absolute atomic E-state index is 0.214. The zero-order valence-electron chi connectivity index (χ0n) is 12.2. The molecule has 2 nitrogen and oxygen atoms in total. The van der Waals surface area contributed by atoms with Crippen LogP contribution in [0.4, 0.5) is 0 Å². The van der Waals surface area contributed by atoms with Crippen molar-refractivity contribution in [3.63, 3.8) is 0 Å². The molecule has 1 N–H and O–H groups in total. The molecule has 0 fully saturated rings. The van der Waals surface area contributed by atoms with Crippen molar-refractivity contribution in [2.75, 3.05) is 7.11 Å². The van der Waals surface area contributed by atoms with Crippen molar-refractivity contribution in [2.45, 2.75) is 32.1 Å². The van der Waals surface area contributed by atoms with E-state index < -0.39 is 0 Å². The van der Waals surface area contributed by atoms with Gasteiger partial charge in [0.25, 0.3) is 0 Å².